The summed E-state index contributed by atoms with van der Waals surface area (Å²) in [5.41, 5.74) is 8.74. The second-order valence-electron chi connectivity index (χ2n) is 3.82. The first-order valence-corrected chi connectivity index (χ1v) is 6.03. The summed E-state index contributed by atoms with van der Waals surface area (Å²) in [6.45, 7) is 0. The number of rotatable bonds is 1. The Kier molecular flexibility index (Phi) is 2.37. The molecule has 0 bridgehead atoms. The van der Waals surface area contributed by atoms with Crippen molar-refractivity contribution >= 4 is 27.4 Å². The third-order valence-electron chi connectivity index (χ3n) is 2.64. The van der Waals surface area contributed by atoms with Crippen LogP contribution in [0.3, 0.4) is 0 Å². The van der Waals surface area contributed by atoms with Gasteiger partial charge >= 0.3 is 0 Å². The maximum Gasteiger partial charge on any atom is 0.139 e. The highest BCUT2D eigenvalue weighted by atomic mass is 79.9. The maximum absolute atomic E-state index is 5.89. The van der Waals surface area contributed by atoms with E-state index >= 15 is 0 Å². The molecule has 3 nitrogen and oxygen atoms in total. The number of halogens is 1. The highest BCUT2D eigenvalue weighted by Crippen LogP contribution is 2.23. The Morgan fingerprint density at radius 1 is 1.12 bits per heavy atom. The smallest absolute Gasteiger partial charge is 0.139 e. The lowest BCUT2D eigenvalue weighted by Gasteiger charge is -1.96. The van der Waals surface area contributed by atoms with Gasteiger partial charge in [-0.15, -0.1) is 0 Å². The number of nitrogens with zero attached hydrogens (tertiary/aromatic N) is 2. The van der Waals surface area contributed by atoms with E-state index in [0.29, 0.717) is 5.82 Å². The average Bonchev–Trinajstić information content (AvgIpc) is 2.74. The van der Waals surface area contributed by atoms with Crippen molar-refractivity contribution in [2.45, 2.75) is 0 Å². The van der Waals surface area contributed by atoms with Crippen LogP contribution in [0.25, 0.3) is 16.9 Å². The lowest BCUT2D eigenvalue weighted by atomic mass is 10.2. The van der Waals surface area contributed by atoms with E-state index in [4.69, 9.17) is 5.73 Å². The van der Waals surface area contributed by atoms with Crippen LogP contribution < -0.4 is 5.73 Å². The standard InChI is InChI=1S/C13H10BrN3/c14-10-4-1-3-9(7-10)11-8-17-12(15)5-2-6-13(17)16-11/h1-8H,15H2. The van der Waals surface area contributed by atoms with Gasteiger partial charge in [-0.3, -0.25) is 4.40 Å². The van der Waals surface area contributed by atoms with E-state index in [-0.39, 0.29) is 0 Å². The van der Waals surface area contributed by atoms with Crippen molar-refractivity contribution in [1.29, 1.82) is 0 Å². The Labute approximate surface area is 107 Å². The van der Waals surface area contributed by atoms with E-state index < -0.39 is 0 Å². The number of pyridine rings is 1. The second kappa shape index (κ2) is 3.89. The zero-order chi connectivity index (χ0) is 11.8. The fraction of sp³-hybridized carbons (Fsp3) is 0. The van der Waals surface area contributed by atoms with Crippen LogP contribution in [-0.4, -0.2) is 9.38 Å². The van der Waals surface area contributed by atoms with Gasteiger partial charge in [0.1, 0.15) is 11.5 Å². The van der Waals surface area contributed by atoms with Gasteiger partial charge in [0.2, 0.25) is 0 Å². The molecule has 2 heterocycles. The molecule has 17 heavy (non-hydrogen) atoms. The lowest BCUT2D eigenvalue weighted by molar-refractivity contribution is 1.20. The molecule has 0 aliphatic carbocycles. The van der Waals surface area contributed by atoms with E-state index in [1.54, 1.807) is 0 Å². The molecule has 0 radical (unpaired) electrons. The number of fused-ring (bicyclic) bond motifs is 1. The largest absolute Gasteiger partial charge is 0.385 e. The monoisotopic (exact) mass is 287 g/mol. The fourth-order valence-corrected chi connectivity index (χ4v) is 2.22. The first-order chi connectivity index (χ1) is 8.24. The Bertz CT molecular complexity index is 688. The quantitative estimate of drug-likeness (QED) is 0.746. The molecular weight excluding hydrogens is 278 g/mol. The summed E-state index contributed by atoms with van der Waals surface area (Å²) in [4.78, 5) is 4.55. The first kappa shape index (κ1) is 10.4. The summed E-state index contributed by atoms with van der Waals surface area (Å²) in [6.07, 6.45) is 1.95. The second-order valence-corrected chi connectivity index (χ2v) is 4.73. The Hall–Kier alpha value is -1.81. The zero-order valence-corrected chi connectivity index (χ0v) is 10.6. The van der Waals surface area contributed by atoms with Gasteiger partial charge in [0.25, 0.3) is 0 Å². The fourth-order valence-electron chi connectivity index (χ4n) is 1.82. The molecular formula is C13H10BrN3. The molecule has 84 valence electrons. The lowest BCUT2D eigenvalue weighted by Crippen LogP contribution is -1.93. The van der Waals surface area contributed by atoms with Crippen molar-refractivity contribution in [1.82, 2.24) is 9.38 Å². The number of imidazole rings is 1. The summed E-state index contributed by atoms with van der Waals surface area (Å²) in [6, 6.07) is 13.8. The van der Waals surface area contributed by atoms with Crippen LogP contribution in [0, 0.1) is 0 Å². The minimum Gasteiger partial charge on any atom is -0.385 e. The highest BCUT2D eigenvalue weighted by Gasteiger charge is 2.05. The third-order valence-corrected chi connectivity index (χ3v) is 3.14. The third kappa shape index (κ3) is 1.80. The topological polar surface area (TPSA) is 43.3 Å². The molecule has 0 amide bonds. The summed E-state index contributed by atoms with van der Waals surface area (Å²) >= 11 is 3.46. The zero-order valence-electron chi connectivity index (χ0n) is 8.97. The predicted octanol–water partition coefficient (Wildman–Crippen LogP) is 3.35. The van der Waals surface area contributed by atoms with Gasteiger partial charge in [0, 0.05) is 16.2 Å². The molecule has 0 spiro atoms. The van der Waals surface area contributed by atoms with Crippen molar-refractivity contribution in [3.63, 3.8) is 0 Å². The van der Waals surface area contributed by atoms with E-state index in [1.807, 2.05) is 53.1 Å². The van der Waals surface area contributed by atoms with Crippen LogP contribution in [0.1, 0.15) is 0 Å². The van der Waals surface area contributed by atoms with E-state index in [1.165, 1.54) is 0 Å². The van der Waals surface area contributed by atoms with Crippen LogP contribution in [0.2, 0.25) is 0 Å². The molecule has 0 saturated carbocycles. The summed E-state index contributed by atoms with van der Waals surface area (Å²) < 4.78 is 2.93. The molecule has 0 fully saturated rings. The van der Waals surface area contributed by atoms with Crippen molar-refractivity contribution in [3.05, 3.63) is 53.1 Å². The van der Waals surface area contributed by atoms with Gasteiger partial charge in [0.15, 0.2) is 0 Å². The molecule has 0 aliphatic heterocycles. The number of nitrogen functional groups attached to an aromatic ring is 1. The predicted molar refractivity (Wildman–Crippen MR) is 72.7 cm³/mol. The normalized spacial score (nSPS) is 10.9. The molecule has 4 heteroatoms. The van der Waals surface area contributed by atoms with Crippen LogP contribution in [-0.2, 0) is 0 Å². The summed E-state index contributed by atoms with van der Waals surface area (Å²) in [5, 5.41) is 0. The van der Waals surface area contributed by atoms with Gasteiger partial charge in [-0.1, -0.05) is 34.1 Å². The highest BCUT2D eigenvalue weighted by molar-refractivity contribution is 9.10. The van der Waals surface area contributed by atoms with E-state index in [0.717, 1.165) is 21.4 Å². The number of anilines is 1. The number of hydrogen-bond acceptors (Lipinski definition) is 2. The molecule has 3 rings (SSSR count). The minimum atomic E-state index is 0.691. The molecule has 2 N–H and O–H groups in total. The van der Waals surface area contributed by atoms with Crippen LogP contribution >= 0.6 is 15.9 Å². The van der Waals surface area contributed by atoms with Crippen molar-refractivity contribution in [2.24, 2.45) is 0 Å². The van der Waals surface area contributed by atoms with Gasteiger partial charge in [-0.25, -0.2) is 4.98 Å². The van der Waals surface area contributed by atoms with Crippen LogP contribution in [0.15, 0.2) is 53.1 Å². The molecule has 2 aromatic heterocycles. The number of hydrogen-bond donors (Lipinski definition) is 1. The van der Waals surface area contributed by atoms with Crippen molar-refractivity contribution < 1.29 is 0 Å². The van der Waals surface area contributed by atoms with Crippen molar-refractivity contribution in [3.8, 4) is 11.3 Å². The molecule has 0 atom stereocenters. The number of nitrogens with two attached hydrogens (primary N) is 1. The van der Waals surface area contributed by atoms with Gasteiger partial charge in [-0.05, 0) is 24.3 Å². The van der Waals surface area contributed by atoms with Crippen molar-refractivity contribution in [2.75, 3.05) is 5.73 Å². The SMILES string of the molecule is Nc1cccc2nc(-c3cccc(Br)c3)cn12. The summed E-state index contributed by atoms with van der Waals surface area (Å²) in [5.74, 6) is 0.691. The van der Waals surface area contributed by atoms with Crippen LogP contribution in [0.5, 0.6) is 0 Å². The van der Waals surface area contributed by atoms with Crippen LogP contribution in [0.4, 0.5) is 5.82 Å². The molecule has 0 saturated heterocycles. The minimum absolute atomic E-state index is 0.691. The van der Waals surface area contributed by atoms with Gasteiger partial charge in [-0.2, -0.15) is 0 Å². The maximum atomic E-state index is 5.89. The first-order valence-electron chi connectivity index (χ1n) is 5.23. The number of aromatic nitrogens is 2. The molecule has 0 aliphatic rings. The van der Waals surface area contributed by atoms with Gasteiger partial charge < -0.3 is 5.73 Å². The molecule has 0 unspecified atom stereocenters. The number of benzene rings is 1. The molecule has 1 aromatic carbocycles. The Morgan fingerprint density at radius 2 is 1.94 bits per heavy atom. The summed E-state index contributed by atoms with van der Waals surface area (Å²) in [7, 11) is 0. The Balaban J connectivity index is 2.22. The van der Waals surface area contributed by atoms with E-state index in [2.05, 4.69) is 20.9 Å². The molecule has 3 aromatic rings. The van der Waals surface area contributed by atoms with E-state index in [9.17, 15) is 0 Å². The average molecular weight is 288 g/mol. The van der Waals surface area contributed by atoms with Gasteiger partial charge in [0.05, 0.1) is 5.69 Å². The Morgan fingerprint density at radius 3 is 2.71 bits per heavy atom.